The van der Waals surface area contributed by atoms with Gasteiger partial charge in [-0.15, -0.1) is 0 Å². The Morgan fingerprint density at radius 2 is 1.34 bits per heavy atom. The molecule has 0 atom stereocenters. The summed E-state index contributed by atoms with van der Waals surface area (Å²) < 4.78 is 22.6. The first-order valence-electron chi connectivity index (χ1n) is 9.63. The third-order valence-electron chi connectivity index (χ3n) is 4.91. The van der Waals surface area contributed by atoms with Crippen LogP contribution < -0.4 is 0 Å². The molecule has 32 heavy (non-hydrogen) atoms. The molecule has 0 aliphatic rings. The van der Waals surface area contributed by atoms with Crippen LogP contribution in [0, 0.1) is 6.92 Å². The molecule has 3 rings (SSSR count). The Morgan fingerprint density at radius 3 is 1.81 bits per heavy atom. The highest BCUT2D eigenvalue weighted by Crippen LogP contribution is 2.40. The smallest absolute Gasteiger partial charge is 0.325 e. The number of aromatic amines is 1. The molecule has 2 aromatic carbocycles. The molecule has 0 amide bonds. The maximum atomic E-state index is 11.3. The maximum absolute atomic E-state index is 11.3. The summed E-state index contributed by atoms with van der Waals surface area (Å²) in [6.45, 7) is 1.81. The lowest BCUT2D eigenvalue weighted by molar-refractivity contribution is 0.371. The zero-order valence-corrected chi connectivity index (χ0v) is 18.9. The third-order valence-corrected chi connectivity index (χ3v) is 6.52. The van der Waals surface area contributed by atoms with Gasteiger partial charge in [-0.25, -0.2) is 4.98 Å². The van der Waals surface area contributed by atoms with E-state index in [0.29, 0.717) is 17.1 Å². The summed E-state index contributed by atoms with van der Waals surface area (Å²) in [4.78, 5) is 44.6. The average Bonchev–Trinajstić information content (AvgIpc) is 3.07. The molecule has 0 aliphatic heterocycles. The number of benzene rings is 2. The van der Waals surface area contributed by atoms with Gasteiger partial charge in [-0.05, 0) is 67.3 Å². The number of phenolic OH excluding ortho intramolecular Hbond substituents is 2. The minimum absolute atomic E-state index is 0.116. The second kappa shape index (κ2) is 9.19. The first kappa shape index (κ1) is 24.2. The van der Waals surface area contributed by atoms with E-state index in [-0.39, 0.29) is 35.5 Å². The fraction of sp³-hybridized carbons (Fsp3) is 0.250. The lowest BCUT2D eigenvalue weighted by Gasteiger charge is -2.13. The van der Waals surface area contributed by atoms with Crippen LogP contribution in [0.3, 0.4) is 0 Å². The Morgan fingerprint density at radius 1 is 0.844 bits per heavy atom. The fourth-order valence-corrected chi connectivity index (χ4v) is 4.37. The van der Waals surface area contributed by atoms with Gasteiger partial charge >= 0.3 is 15.2 Å². The molecule has 0 fully saturated rings. The maximum Gasteiger partial charge on any atom is 0.325 e. The van der Waals surface area contributed by atoms with Crippen LogP contribution in [0.25, 0.3) is 22.6 Å². The molecule has 0 spiro atoms. The number of hydrogen-bond acceptors (Lipinski definition) is 5. The van der Waals surface area contributed by atoms with Gasteiger partial charge in [0.2, 0.25) is 0 Å². The summed E-state index contributed by atoms with van der Waals surface area (Å²) >= 11 is 0. The topological polar surface area (TPSA) is 184 Å². The molecule has 12 heteroatoms. The van der Waals surface area contributed by atoms with Gasteiger partial charge in [-0.1, -0.05) is 0 Å². The number of nitrogens with one attached hydrogen (secondary N) is 1. The van der Waals surface area contributed by atoms with Crippen molar-refractivity contribution in [3.8, 4) is 34.1 Å². The molecule has 0 bridgehead atoms. The molecule has 7 N–H and O–H groups in total. The van der Waals surface area contributed by atoms with Crippen molar-refractivity contribution in [3.63, 3.8) is 0 Å². The van der Waals surface area contributed by atoms with E-state index in [4.69, 9.17) is 0 Å². The number of H-pyrrole nitrogens is 1. The summed E-state index contributed by atoms with van der Waals surface area (Å²) in [6, 6.07) is 9.57. The van der Waals surface area contributed by atoms with Gasteiger partial charge < -0.3 is 34.8 Å². The summed E-state index contributed by atoms with van der Waals surface area (Å²) in [5.41, 5.74) is 3.09. The van der Waals surface area contributed by atoms with Crippen LogP contribution in [0.1, 0.15) is 16.8 Å². The minimum Gasteiger partial charge on any atom is -0.508 e. The average molecular weight is 482 g/mol. The SMILES string of the molecule is Cc1[nH]c(-c2cc(CCP(=O)(O)O)c(O)c(CCP(=O)(O)O)c2)nc1-c1ccc(O)cc1. The fourth-order valence-electron chi connectivity index (χ4n) is 3.31. The Labute approximate surface area is 183 Å². The van der Waals surface area contributed by atoms with E-state index in [1.807, 2.05) is 6.92 Å². The van der Waals surface area contributed by atoms with Crippen LogP contribution in [-0.2, 0) is 22.0 Å². The molecule has 3 aromatic rings. The minimum atomic E-state index is -4.32. The lowest BCUT2D eigenvalue weighted by Crippen LogP contribution is -2.01. The number of imidazole rings is 1. The van der Waals surface area contributed by atoms with Crippen LogP contribution in [0.2, 0.25) is 0 Å². The van der Waals surface area contributed by atoms with Gasteiger partial charge in [0.05, 0.1) is 18.0 Å². The van der Waals surface area contributed by atoms with Crippen LogP contribution in [0.5, 0.6) is 11.5 Å². The lowest BCUT2D eigenvalue weighted by atomic mass is 10.00. The first-order chi connectivity index (χ1) is 14.8. The summed E-state index contributed by atoms with van der Waals surface area (Å²) in [5.74, 6) is 0.281. The Hall–Kier alpha value is -2.45. The van der Waals surface area contributed by atoms with Crippen LogP contribution in [-0.4, -0.2) is 52.1 Å². The monoisotopic (exact) mass is 482 g/mol. The second-order valence-electron chi connectivity index (χ2n) is 7.53. The third kappa shape index (κ3) is 6.29. The molecule has 0 saturated carbocycles. The predicted molar refractivity (Wildman–Crippen MR) is 119 cm³/mol. The highest BCUT2D eigenvalue weighted by Gasteiger charge is 2.21. The van der Waals surface area contributed by atoms with E-state index < -0.39 is 27.5 Å². The quantitative estimate of drug-likeness (QED) is 0.237. The van der Waals surface area contributed by atoms with Gasteiger partial charge in [0.25, 0.3) is 0 Å². The van der Waals surface area contributed by atoms with Gasteiger partial charge in [0.1, 0.15) is 17.3 Å². The second-order valence-corrected chi connectivity index (χ2v) is 11.1. The number of aryl methyl sites for hydroxylation is 3. The molecule has 172 valence electrons. The molecule has 0 unspecified atom stereocenters. The number of nitrogens with zero attached hydrogens (tertiary/aromatic N) is 1. The van der Waals surface area contributed by atoms with E-state index in [1.165, 1.54) is 12.1 Å². The van der Waals surface area contributed by atoms with Crippen molar-refractivity contribution in [2.24, 2.45) is 0 Å². The molecular formula is C20H24N2O8P2. The van der Waals surface area contributed by atoms with Crippen molar-refractivity contribution in [2.75, 3.05) is 12.3 Å². The van der Waals surface area contributed by atoms with E-state index in [9.17, 15) is 38.9 Å². The Balaban J connectivity index is 2.04. The van der Waals surface area contributed by atoms with Crippen molar-refractivity contribution in [3.05, 3.63) is 53.2 Å². The highest BCUT2D eigenvalue weighted by atomic mass is 31.2. The van der Waals surface area contributed by atoms with Crippen LogP contribution >= 0.6 is 15.2 Å². The van der Waals surface area contributed by atoms with E-state index in [0.717, 1.165) is 11.3 Å². The standard InChI is InChI=1S/C20H24N2O8P2/c1-12-18(13-2-4-17(23)5-3-13)22-20(21-12)16-10-14(6-8-31(25,26)27)19(24)15(11-16)7-9-32(28,29)30/h2-5,10-11,23-24H,6-9H2,1H3,(H,21,22)(H2,25,26,27)(H2,28,29,30). The highest BCUT2D eigenvalue weighted by molar-refractivity contribution is 7.52. The number of aromatic nitrogens is 2. The predicted octanol–water partition coefficient (Wildman–Crippen LogP) is 2.90. The van der Waals surface area contributed by atoms with Crippen molar-refractivity contribution in [1.29, 1.82) is 0 Å². The van der Waals surface area contributed by atoms with E-state index in [1.54, 1.807) is 24.3 Å². The molecule has 1 heterocycles. The Bertz CT molecular complexity index is 1160. The van der Waals surface area contributed by atoms with Crippen molar-refractivity contribution >= 4 is 15.2 Å². The molecular weight excluding hydrogens is 458 g/mol. The van der Waals surface area contributed by atoms with Crippen molar-refractivity contribution in [2.45, 2.75) is 19.8 Å². The first-order valence-corrected chi connectivity index (χ1v) is 13.2. The number of hydrogen-bond donors (Lipinski definition) is 7. The van der Waals surface area contributed by atoms with Crippen LogP contribution in [0.4, 0.5) is 0 Å². The molecule has 0 radical (unpaired) electrons. The normalized spacial score (nSPS) is 12.3. The molecule has 0 saturated heterocycles. The molecule has 10 nitrogen and oxygen atoms in total. The van der Waals surface area contributed by atoms with Gasteiger partial charge in [-0.3, -0.25) is 9.13 Å². The Kier molecular flexibility index (Phi) is 6.95. The largest absolute Gasteiger partial charge is 0.508 e. The van der Waals surface area contributed by atoms with Crippen molar-refractivity contribution < 1.29 is 38.9 Å². The van der Waals surface area contributed by atoms with Gasteiger partial charge in [0.15, 0.2) is 0 Å². The zero-order valence-electron chi connectivity index (χ0n) is 17.1. The zero-order chi connectivity index (χ0) is 23.7. The number of rotatable bonds is 8. The number of phenols is 2. The summed E-state index contributed by atoms with van der Waals surface area (Å²) in [6.07, 6.45) is -1.23. The van der Waals surface area contributed by atoms with Gasteiger partial charge in [0, 0.05) is 16.8 Å². The summed E-state index contributed by atoms with van der Waals surface area (Å²) in [5, 5.41) is 20.1. The molecule has 1 aromatic heterocycles. The van der Waals surface area contributed by atoms with E-state index in [2.05, 4.69) is 9.97 Å². The number of aromatic hydroxyl groups is 2. The van der Waals surface area contributed by atoms with Crippen LogP contribution in [0.15, 0.2) is 36.4 Å². The molecule has 0 aliphatic carbocycles. The van der Waals surface area contributed by atoms with Crippen molar-refractivity contribution in [1.82, 2.24) is 9.97 Å². The summed E-state index contributed by atoms with van der Waals surface area (Å²) in [7, 11) is -8.65. The van der Waals surface area contributed by atoms with Gasteiger partial charge in [-0.2, -0.15) is 0 Å². The van der Waals surface area contributed by atoms with E-state index >= 15 is 0 Å².